The first-order valence-electron chi connectivity index (χ1n) is 7.12. The number of carbonyl (C=O) groups is 2. The van der Waals surface area contributed by atoms with Crippen LogP contribution in [0, 0.1) is 5.41 Å². The van der Waals surface area contributed by atoms with Crippen molar-refractivity contribution in [2.45, 2.75) is 25.7 Å². The smallest absolute Gasteiger partial charge is 0.274 e. The van der Waals surface area contributed by atoms with Gasteiger partial charge in [-0.1, -0.05) is 50.0 Å². The predicted molar refractivity (Wildman–Crippen MR) is 99.0 cm³/mol. The Morgan fingerprint density at radius 3 is 2.38 bits per heavy atom. The molecule has 4 nitrogen and oxygen atoms in total. The number of aromatic nitrogens is 1. The van der Waals surface area contributed by atoms with Gasteiger partial charge in [-0.05, 0) is 36.0 Å². The number of rotatable bonds is 3. The summed E-state index contributed by atoms with van der Waals surface area (Å²) in [5, 5.41) is 3.30. The third-order valence-corrected chi connectivity index (χ3v) is 5.06. The summed E-state index contributed by atoms with van der Waals surface area (Å²) in [5.41, 5.74) is 0.156. The van der Waals surface area contributed by atoms with Gasteiger partial charge in [0.2, 0.25) is 0 Å². The van der Waals surface area contributed by atoms with E-state index in [1.54, 1.807) is 24.3 Å². The molecule has 0 saturated carbocycles. The molecule has 1 N–H and O–H groups in total. The van der Waals surface area contributed by atoms with E-state index in [1.807, 2.05) is 20.8 Å². The van der Waals surface area contributed by atoms with Gasteiger partial charge in [-0.2, -0.15) is 0 Å². The van der Waals surface area contributed by atoms with E-state index in [-0.39, 0.29) is 16.7 Å². The number of benzene rings is 1. The maximum Gasteiger partial charge on any atom is 0.274 e. The summed E-state index contributed by atoms with van der Waals surface area (Å²) in [6.07, 6.45) is 1.53. The van der Waals surface area contributed by atoms with Crippen molar-refractivity contribution < 1.29 is 9.59 Å². The number of hydrogen-bond acceptors (Lipinski definition) is 4. The Hall–Kier alpha value is -1.56. The minimum Gasteiger partial charge on any atom is -0.320 e. The van der Waals surface area contributed by atoms with Gasteiger partial charge in [-0.3, -0.25) is 14.6 Å². The highest BCUT2D eigenvalue weighted by Gasteiger charge is 2.24. The molecule has 0 fully saturated rings. The lowest BCUT2D eigenvalue weighted by Gasteiger charge is -2.18. The maximum atomic E-state index is 12.3. The highest BCUT2D eigenvalue weighted by atomic mass is 35.5. The van der Waals surface area contributed by atoms with Crippen molar-refractivity contribution in [3.63, 3.8) is 0 Å². The first kappa shape index (κ1) is 18.8. The molecular formula is C17H16Cl2N2O2S. The van der Waals surface area contributed by atoms with Crippen LogP contribution in [0.15, 0.2) is 41.4 Å². The second-order valence-corrected chi connectivity index (χ2v) is 7.90. The van der Waals surface area contributed by atoms with Crippen molar-refractivity contribution in [3.05, 3.63) is 52.3 Å². The van der Waals surface area contributed by atoms with Gasteiger partial charge in [0, 0.05) is 16.5 Å². The summed E-state index contributed by atoms with van der Waals surface area (Å²) in [6, 6.07) is 8.14. The Kier molecular flexibility index (Phi) is 5.91. The normalized spacial score (nSPS) is 11.2. The molecular weight excluding hydrogens is 367 g/mol. The molecule has 1 heterocycles. The highest BCUT2D eigenvalue weighted by molar-refractivity contribution is 8.13. The van der Waals surface area contributed by atoms with Gasteiger partial charge in [0.15, 0.2) is 5.12 Å². The average Bonchev–Trinajstić information content (AvgIpc) is 2.52. The zero-order chi connectivity index (χ0) is 17.9. The van der Waals surface area contributed by atoms with Gasteiger partial charge in [-0.15, -0.1) is 0 Å². The Morgan fingerprint density at radius 1 is 1.12 bits per heavy atom. The molecule has 0 bridgehead atoms. The van der Waals surface area contributed by atoms with Crippen LogP contribution in [0.4, 0.5) is 5.69 Å². The number of nitrogens with zero attached hydrogens (tertiary/aromatic N) is 1. The zero-order valence-electron chi connectivity index (χ0n) is 13.4. The van der Waals surface area contributed by atoms with Crippen LogP contribution in [0.2, 0.25) is 10.0 Å². The van der Waals surface area contributed by atoms with Crippen molar-refractivity contribution in [1.29, 1.82) is 0 Å². The van der Waals surface area contributed by atoms with E-state index in [2.05, 4.69) is 10.3 Å². The number of anilines is 1. The maximum absolute atomic E-state index is 12.3. The van der Waals surface area contributed by atoms with E-state index in [0.717, 1.165) is 11.8 Å². The van der Waals surface area contributed by atoms with E-state index in [4.69, 9.17) is 23.2 Å². The fraction of sp³-hybridized carbons (Fsp3) is 0.235. The standard InChI is InChI=1S/C17H16Cl2N2O2S/c1-17(2,3)16(23)24-14-9-11(19)10(18)8-13(14)21-15(22)12-6-4-5-7-20-12/h4-9H,1-3H3,(H,21,22). The SMILES string of the molecule is CC(C)(C)C(=O)Sc1cc(Cl)c(Cl)cc1NC(=O)c1ccccn1. The summed E-state index contributed by atoms with van der Waals surface area (Å²) in [6.45, 7) is 5.48. The number of hydrogen-bond donors (Lipinski definition) is 1. The summed E-state index contributed by atoms with van der Waals surface area (Å²) in [5.74, 6) is -0.390. The first-order valence-corrected chi connectivity index (χ1v) is 8.69. The van der Waals surface area contributed by atoms with Crippen LogP contribution >= 0.6 is 35.0 Å². The quantitative estimate of drug-likeness (QED) is 0.731. The van der Waals surface area contributed by atoms with Gasteiger partial charge >= 0.3 is 0 Å². The van der Waals surface area contributed by atoms with Crippen LogP contribution in [0.25, 0.3) is 0 Å². The Balaban J connectivity index is 2.33. The molecule has 126 valence electrons. The molecule has 0 aliphatic heterocycles. The van der Waals surface area contributed by atoms with Gasteiger partial charge in [0.25, 0.3) is 5.91 Å². The molecule has 7 heteroatoms. The lowest BCUT2D eigenvalue weighted by atomic mass is 10.00. The molecule has 2 rings (SSSR count). The molecule has 0 unspecified atom stereocenters. The van der Waals surface area contributed by atoms with Gasteiger partial charge in [0.05, 0.1) is 15.7 Å². The second-order valence-electron chi connectivity index (χ2n) is 6.07. The van der Waals surface area contributed by atoms with Crippen molar-refractivity contribution >= 4 is 51.7 Å². The molecule has 1 amide bonds. The number of pyridine rings is 1. The minimum atomic E-state index is -0.529. The number of amides is 1. The van der Waals surface area contributed by atoms with Gasteiger partial charge in [-0.25, -0.2) is 0 Å². The molecule has 0 spiro atoms. The molecule has 1 aromatic heterocycles. The van der Waals surface area contributed by atoms with Crippen LogP contribution < -0.4 is 5.32 Å². The Morgan fingerprint density at radius 2 is 1.79 bits per heavy atom. The van der Waals surface area contributed by atoms with E-state index >= 15 is 0 Å². The van der Waals surface area contributed by atoms with Crippen molar-refractivity contribution in [2.24, 2.45) is 5.41 Å². The number of thioether (sulfide) groups is 1. The molecule has 0 aliphatic carbocycles. The Bertz CT molecular complexity index is 774. The largest absolute Gasteiger partial charge is 0.320 e. The summed E-state index contributed by atoms with van der Waals surface area (Å²) in [4.78, 5) is 29.1. The van der Waals surface area contributed by atoms with E-state index in [0.29, 0.717) is 20.6 Å². The van der Waals surface area contributed by atoms with Crippen molar-refractivity contribution in [3.8, 4) is 0 Å². The molecule has 0 aliphatic rings. The van der Waals surface area contributed by atoms with Crippen molar-refractivity contribution in [2.75, 3.05) is 5.32 Å². The summed E-state index contributed by atoms with van der Waals surface area (Å²) < 4.78 is 0. The molecule has 0 atom stereocenters. The molecule has 24 heavy (non-hydrogen) atoms. The van der Waals surface area contributed by atoms with Crippen LogP contribution in [-0.2, 0) is 4.79 Å². The third kappa shape index (κ3) is 4.72. The third-order valence-electron chi connectivity index (χ3n) is 2.98. The molecule has 1 aromatic carbocycles. The van der Waals surface area contributed by atoms with Gasteiger partial charge in [0.1, 0.15) is 5.69 Å². The van der Waals surface area contributed by atoms with Crippen LogP contribution in [0.5, 0.6) is 0 Å². The van der Waals surface area contributed by atoms with Crippen molar-refractivity contribution in [1.82, 2.24) is 4.98 Å². The summed E-state index contributed by atoms with van der Waals surface area (Å²) in [7, 11) is 0. The lowest BCUT2D eigenvalue weighted by molar-refractivity contribution is -0.117. The number of nitrogens with one attached hydrogen (secondary N) is 1. The first-order chi connectivity index (χ1) is 11.2. The molecule has 2 aromatic rings. The average molecular weight is 383 g/mol. The second kappa shape index (κ2) is 7.55. The van der Waals surface area contributed by atoms with Gasteiger partial charge < -0.3 is 5.32 Å². The minimum absolute atomic E-state index is 0.0470. The number of carbonyl (C=O) groups excluding carboxylic acids is 2. The molecule has 0 saturated heterocycles. The van der Waals surface area contributed by atoms with E-state index in [9.17, 15) is 9.59 Å². The van der Waals surface area contributed by atoms with Crippen LogP contribution in [0.3, 0.4) is 0 Å². The zero-order valence-corrected chi connectivity index (χ0v) is 15.7. The van der Waals surface area contributed by atoms with Crippen LogP contribution in [-0.4, -0.2) is 16.0 Å². The monoisotopic (exact) mass is 382 g/mol. The molecule has 0 radical (unpaired) electrons. The fourth-order valence-electron chi connectivity index (χ4n) is 1.65. The van der Waals surface area contributed by atoms with Crippen LogP contribution in [0.1, 0.15) is 31.3 Å². The summed E-state index contributed by atoms with van der Waals surface area (Å²) >= 11 is 13.1. The lowest BCUT2D eigenvalue weighted by Crippen LogP contribution is -2.17. The van der Waals surface area contributed by atoms with E-state index in [1.165, 1.54) is 12.3 Å². The Labute approximate surface area is 155 Å². The fourth-order valence-corrected chi connectivity index (χ4v) is 2.94. The topological polar surface area (TPSA) is 59.1 Å². The highest BCUT2D eigenvalue weighted by Crippen LogP contribution is 2.38. The predicted octanol–water partition coefficient (Wildman–Crippen LogP) is 5.31. The number of halogens is 2. The van der Waals surface area contributed by atoms with E-state index < -0.39 is 5.41 Å².